The maximum absolute atomic E-state index is 12.5. The van der Waals surface area contributed by atoms with Crippen molar-refractivity contribution in [3.63, 3.8) is 0 Å². The highest BCUT2D eigenvalue weighted by Gasteiger charge is 2.25. The minimum atomic E-state index is -4.04. The Morgan fingerprint density at radius 1 is 1.13 bits per heavy atom. The van der Waals surface area contributed by atoms with Crippen LogP contribution in [0.3, 0.4) is 0 Å². The van der Waals surface area contributed by atoms with Gasteiger partial charge in [0.05, 0.1) is 17.5 Å². The van der Waals surface area contributed by atoms with Gasteiger partial charge in [0.25, 0.3) is 0 Å². The van der Waals surface area contributed by atoms with Crippen LogP contribution in [0.1, 0.15) is 18.0 Å². The van der Waals surface area contributed by atoms with Crippen molar-refractivity contribution in [2.24, 2.45) is 0 Å². The molecule has 0 heterocycles. The molecule has 0 aliphatic heterocycles. The van der Waals surface area contributed by atoms with Gasteiger partial charge in [0.1, 0.15) is 4.90 Å². The molecule has 0 aromatic heterocycles. The van der Waals surface area contributed by atoms with Crippen LogP contribution in [0.2, 0.25) is 10.0 Å². The molecule has 1 unspecified atom stereocenters. The van der Waals surface area contributed by atoms with E-state index in [4.69, 9.17) is 28.3 Å². The van der Waals surface area contributed by atoms with Crippen molar-refractivity contribution in [3.8, 4) is 0 Å². The summed E-state index contributed by atoms with van der Waals surface area (Å²) >= 11 is 11.7. The van der Waals surface area contributed by atoms with E-state index in [-0.39, 0.29) is 14.9 Å². The molecule has 8 heteroatoms. The van der Waals surface area contributed by atoms with Gasteiger partial charge < -0.3 is 5.11 Å². The lowest BCUT2D eigenvalue weighted by molar-refractivity contribution is -0.137. The van der Waals surface area contributed by atoms with Crippen molar-refractivity contribution in [1.29, 1.82) is 0 Å². The zero-order valence-corrected chi connectivity index (χ0v) is 14.1. The molecule has 23 heavy (non-hydrogen) atoms. The van der Waals surface area contributed by atoms with E-state index >= 15 is 0 Å². The van der Waals surface area contributed by atoms with Crippen LogP contribution in [-0.4, -0.2) is 19.5 Å². The summed E-state index contributed by atoms with van der Waals surface area (Å²) in [6.07, 6.45) is -0.401. The predicted octanol–water partition coefficient (Wildman–Crippen LogP) is 3.49. The van der Waals surface area contributed by atoms with Crippen LogP contribution in [0.25, 0.3) is 0 Å². The van der Waals surface area contributed by atoms with E-state index in [0.717, 1.165) is 0 Å². The van der Waals surface area contributed by atoms with Crippen LogP contribution < -0.4 is 4.72 Å². The molecular formula is C15H13Cl2NO4S. The van der Waals surface area contributed by atoms with Gasteiger partial charge in [-0.1, -0.05) is 53.5 Å². The molecular weight excluding hydrogens is 361 g/mol. The van der Waals surface area contributed by atoms with Crippen LogP contribution in [0.15, 0.2) is 53.4 Å². The molecule has 0 aliphatic rings. The number of sulfonamides is 1. The second-order valence-electron chi connectivity index (χ2n) is 4.76. The van der Waals surface area contributed by atoms with Crippen molar-refractivity contribution in [1.82, 2.24) is 4.72 Å². The number of benzene rings is 2. The van der Waals surface area contributed by atoms with Gasteiger partial charge in [-0.15, -0.1) is 0 Å². The van der Waals surface area contributed by atoms with Crippen molar-refractivity contribution in [3.05, 3.63) is 64.1 Å². The number of rotatable bonds is 6. The van der Waals surface area contributed by atoms with E-state index in [0.29, 0.717) is 5.56 Å². The van der Waals surface area contributed by atoms with Gasteiger partial charge in [0, 0.05) is 5.02 Å². The Balaban J connectivity index is 2.38. The zero-order valence-electron chi connectivity index (χ0n) is 11.7. The van der Waals surface area contributed by atoms with Gasteiger partial charge in [-0.2, -0.15) is 0 Å². The highest BCUT2D eigenvalue weighted by atomic mass is 35.5. The summed E-state index contributed by atoms with van der Waals surface area (Å²) in [6.45, 7) is 0. The van der Waals surface area contributed by atoms with E-state index in [1.807, 2.05) is 0 Å². The number of carboxylic acids is 1. The Hall–Kier alpha value is -1.60. The molecule has 5 nitrogen and oxygen atoms in total. The van der Waals surface area contributed by atoms with E-state index in [1.54, 1.807) is 30.3 Å². The van der Waals surface area contributed by atoms with E-state index in [9.17, 15) is 13.2 Å². The predicted molar refractivity (Wildman–Crippen MR) is 88.2 cm³/mol. The lowest BCUT2D eigenvalue weighted by atomic mass is 10.1. The lowest BCUT2D eigenvalue weighted by Gasteiger charge is -2.18. The Bertz CT molecular complexity index is 809. The molecule has 0 bridgehead atoms. The van der Waals surface area contributed by atoms with Crippen LogP contribution in [-0.2, 0) is 14.8 Å². The van der Waals surface area contributed by atoms with Gasteiger partial charge in [-0.05, 0) is 23.8 Å². The molecule has 0 fully saturated rings. The third-order valence-corrected chi connectivity index (χ3v) is 5.25. The van der Waals surface area contributed by atoms with Gasteiger partial charge in [0.15, 0.2) is 0 Å². The minimum Gasteiger partial charge on any atom is -0.481 e. The largest absolute Gasteiger partial charge is 0.481 e. The fourth-order valence-electron chi connectivity index (χ4n) is 2.02. The molecule has 1 atom stereocenters. The topological polar surface area (TPSA) is 83.5 Å². The zero-order chi connectivity index (χ0) is 17.0. The van der Waals surface area contributed by atoms with Crippen LogP contribution in [0, 0.1) is 0 Å². The van der Waals surface area contributed by atoms with Crippen LogP contribution in [0.4, 0.5) is 0 Å². The Morgan fingerprint density at radius 2 is 1.78 bits per heavy atom. The van der Waals surface area contributed by atoms with Gasteiger partial charge >= 0.3 is 5.97 Å². The Labute approximate surface area is 143 Å². The molecule has 0 saturated carbocycles. The number of aliphatic carboxylic acids is 1. The van der Waals surface area contributed by atoms with Crippen LogP contribution >= 0.6 is 23.2 Å². The molecule has 2 rings (SSSR count). The molecule has 122 valence electrons. The van der Waals surface area contributed by atoms with Crippen molar-refractivity contribution in [2.45, 2.75) is 17.4 Å². The Morgan fingerprint density at radius 3 is 2.39 bits per heavy atom. The monoisotopic (exact) mass is 373 g/mol. The fraction of sp³-hybridized carbons (Fsp3) is 0.133. The molecule has 2 aromatic carbocycles. The highest BCUT2D eigenvalue weighted by Crippen LogP contribution is 2.27. The van der Waals surface area contributed by atoms with E-state index < -0.39 is 28.5 Å². The lowest BCUT2D eigenvalue weighted by Crippen LogP contribution is -2.30. The van der Waals surface area contributed by atoms with Crippen molar-refractivity contribution in [2.75, 3.05) is 0 Å². The van der Waals surface area contributed by atoms with E-state index in [1.165, 1.54) is 18.2 Å². The molecule has 0 saturated heterocycles. The van der Waals surface area contributed by atoms with Gasteiger partial charge in [-0.3, -0.25) is 4.79 Å². The van der Waals surface area contributed by atoms with Gasteiger partial charge in [-0.25, -0.2) is 13.1 Å². The second-order valence-corrected chi connectivity index (χ2v) is 7.28. The summed E-state index contributed by atoms with van der Waals surface area (Å²) in [5.74, 6) is -1.13. The third kappa shape index (κ3) is 4.68. The summed E-state index contributed by atoms with van der Waals surface area (Å²) < 4.78 is 27.4. The standard InChI is InChI=1S/C15H13Cl2NO4S/c16-11-6-7-12(17)14(8-11)23(21,22)18-13(9-15(19)20)10-4-2-1-3-5-10/h1-8,13,18H,9H2,(H,19,20). The molecule has 0 amide bonds. The summed E-state index contributed by atoms with van der Waals surface area (Å²) in [6, 6.07) is 11.6. The molecule has 0 radical (unpaired) electrons. The number of nitrogens with one attached hydrogen (secondary N) is 1. The van der Waals surface area contributed by atoms with Crippen LogP contribution in [0.5, 0.6) is 0 Å². The van der Waals surface area contributed by atoms with Crippen molar-refractivity contribution >= 4 is 39.2 Å². The molecule has 2 aromatic rings. The number of hydrogen-bond donors (Lipinski definition) is 2. The van der Waals surface area contributed by atoms with Gasteiger partial charge in [0.2, 0.25) is 10.0 Å². The average Bonchev–Trinajstić information content (AvgIpc) is 2.49. The first-order valence-corrected chi connectivity index (χ1v) is 8.77. The summed E-state index contributed by atoms with van der Waals surface area (Å²) in [5.41, 5.74) is 0.539. The highest BCUT2D eigenvalue weighted by molar-refractivity contribution is 7.89. The maximum Gasteiger partial charge on any atom is 0.305 e. The normalized spacial score (nSPS) is 12.8. The SMILES string of the molecule is O=C(O)CC(NS(=O)(=O)c1cc(Cl)ccc1Cl)c1ccccc1. The minimum absolute atomic E-state index is 0.00374. The average molecular weight is 374 g/mol. The Kier molecular flexibility index (Phi) is 5.64. The molecule has 0 spiro atoms. The summed E-state index contributed by atoms with van der Waals surface area (Å²) in [5, 5.41) is 9.25. The second kappa shape index (κ2) is 7.31. The molecule has 2 N–H and O–H groups in total. The molecule has 0 aliphatic carbocycles. The third-order valence-electron chi connectivity index (χ3n) is 3.06. The number of carbonyl (C=O) groups is 1. The summed E-state index contributed by atoms with van der Waals surface area (Å²) in [4.78, 5) is 10.8. The first-order valence-electron chi connectivity index (χ1n) is 6.54. The number of halogens is 2. The quantitative estimate of drug-likeness (QED) is 0.811. The van der Waals surface area contributed by atoms with Crippen molar-refractivity contribution < 1.29 is 18.3 Å². The first kappa shape index (κ1) is 17.7. The first-order chi connectivity index (χ1) is 10.8. The number of hydrogen-bond acceptors (Lipinski definition) is 3. The smallest absolute Gasteiger partial charge is 0.305 e. The van der Waals surface area contributed by atoms with E-state index in [2.05, 4.69) is 4.72 Å². The summed E-state index contributed by atoms with van der Waals surface area (Å²) in [7, 11) is -4.04. The maximum atomic E-state index is 12.5. The number of carboxylic acid groups (broad SMARTS) is 1. The fourth-order valence-corrected chi connectivity index (χ4v) is 4.01.